The Balaban J connectivity index is 2.58. The van der Waals surface area contributed by atoms with Crippen LogP contribution >= 0.6 is 0 Å². The Morgan fingerprint density at radius 1 is 1.32 bits per heavy atom. The molecular weight excluding hydrogens is 238 g/mol. The summed E-state index contributed by atoms with van der Waals surface area (Å²) in [5.41, 5.74) is 7.86. The van der Waals surface area contributed by atoms with Crippen molar-refractivity contribution in [2.24, 2.45) is 5.73 Å². The number of nitrogens with zero attached hydrogens (tertiary/aromatic N) is 1. The van der Waals surface area contributed by atoms with Gasteiger partial charge in [0.25, 0.3) is 0 Å². The maximum Gasteiger partial charge on any atom is 0.220 e. The predicted octanol–water partition coefficient (Wildman–Crippen LogP) is 1.45. The quantitative estimate of drug-likeness (QED) is 0.783. The summed E-state index contributed by atoms with van der Waals surface area (Å²) in [7, 11) is 4.05. The fourth-order valence-corrected chi connectivity index (χ4v) is 1.95. The third kappa shape index (κ3) is 5.41. The maximum absolute atomic E-state index is 11.6. The average Bonchev–Trinajstić information content (AvgIpc) is 2.38. The molecule has 19 heavy (non-hydrogen) atoms. The van der Waals surface area contributed by atoms with Crippen molar-refractivity contribution in [3.63, 3.8) is 0 Å². The van der Waals surface area contributed by atoms with Gasteiger partial charge in [0.1, 0.15) is 0 Å². The van der Waals surface area contributed by atoms with Crippen molar-refractivity contribution in [1.82, 2.24) is 10.2 Å². The second kappa shape index (κ2) is 7.92. The van der Waals surface area contributed by atoms with Crippen LogP contribution < -0.4 is 11.1 Å². The zero-order chi connectivity index (χ0) is 14.3. The standard InChI is InChI=1S/C15H25N3O/c1-12-6-8-13(9-7-12)14(18(2)3)11-17-15(19)5-4-10-16/h6-9,14H,4-5,10-11,16H2,1-3H3,(H,17,19). The largest absolute Gasteiger partial charge is 0.354 e. The zero-order valence-electron chi connectivity index (χ0n) is 12.1. The molecule has 1 amide bonds. The Bertz CT molecular complexity index is 387. The minimum absolute atomic E-state index is 0.0735. The van der Waals surface area contributed by atoms with Crippen molar-refractivity contribution in [1.29, 1.82) is 0 Å². The number of nitrogens with one attached hydrogen (secondary N) is 1. The molecule has 0 fully saturated rings. The Kier molecular flexibility index (Phi) is 6.53. The molecule has 0 aliphatic heterocycles. The summed E-state index contributed by atoms with van der Waals surface area (Å²) in [6.45, 7) is 3.25. The topological polar surface area (TPSA) is 58.4 Å². The van der Waals surface area contributed by atoms with Crippen molar-refractivity contribution >= 4 is 5.91 Å². The number of carbonyl (C=O) groups is 1. The fourth-order valence-electron chi connectivity index (χ4n) is 1.95. The van der Waals surface area contributed by atoms with E-state index in [9.17, 15) is 4.79 Å². The van der Waals surface area contributed by atoms with Gasteiger partial charge in [0.05, 0.1) is 6.04 Å². The van der Waals surface area contributed by atoms with Gasteiger partial charge in [-0.05, 0) is 39.5 Å². The van der Waals surface area contributed by atoms with Gasteiger partial charge in [-0.1, -0.05) is 29.8 Å². The Morgan fingerprint density at radius 3 is 2.47 bits per heavy atom. The van der Waals surface area contributed by atoms with Gasteiger partial charge in [-0.3, -0.25) is 4.79 Å². The molecule has 0 aliphatic carbocycles. The highest BCUT2D eigenvalue weighted by atomic mass is 16.1. The first-order valence-electron chi connectivity index (χ1n) is 6.74. The summed E-state index contributed by atoms with van der Waals surface area (Å²) in [5, 5.41) is 2.98. The second-order valence-corrected chi connectivity index (χ2v) is 5.09. The first kappa shape index (κ1) is 15.7. The molecule has 1 atom stereocenters. The van der Waals surface area contributed by atoms with Crippen LogP contribution in [0.4, 0.5) is 0 Å². The van der Waals surface area contributed by atoms with Crippen LogP contribution in [0.2, 0.25) is 0 Å². The first-order valence-corrected chi connectivity index (χ1v) is 6.74. The normalized spacial score (nSPS) is 12.5. The third-order valence-electron chi connectivity index (χ3n) is 3.19. The number of benzene rings is 1. The molecule has 0 saturated carbocycles. The molecule has 4 heteroatoms. The van der Waals surface area contributed by atoms with Gasteiger partial charge in [-0.25, -0.2) is 0 Å². The molecular formula is C15H25N3O. The van der Waals surface area contributed by atoms with E-state index in [1.807, 2.05) is 14.1 Å². The van der Waals surface area contributed by atoms with E-state index in [-0.39, 0.29) is 11.9 Å². The third-order valence-corrected chi connectivity index (χ3v) is 3.19. The summed E-state index contributed by atoms with van der Waals surface area (Å²) in [6.07, 6.45) is 1.24. The molecule has 0 saturated heterocycles. The molecule has 0 radical (unpaired) electrons. The van der Waals surface area contributed by atoms with Crippen LogP contribution in [-0.2, 0) is 4.79 Å². The van der Waals surface area contributed by atoms with Gasteiger partial charge in [0.15, 0.2) is 0 Å². The lowest BCUT2D eigenvalue weighted by atomic mass is 10.0. The average molecular weight is 263 g/mol. The van der Waals surface area contributed by atoms with Crippen LogP contribution in [0.15, 0.2) is 24.3 Å². The molecule has 106 valence electrons. The zero-order valence-corrected chi connectivity index (χ0v) is 12.1. The molecule has 4 nitrogen and oxygen atoms in total. The van der Waals surface area contributed by atoms with E-state index < -0.39 is 0 Å². The van der Waals surface area contributed by atoms with Crippen LogP contribution in [0, 0.1) is 6.92 Å². The Hall–Kier alpha value is -1.39. The summed E-state index contributed by atoms with van der Waals surface area (Å²) in [6, 6.07) is 8.63. The van der Waals surface area contributed by atoms with E-state index in [2.05, 4.69) is 41.4 Å². The Labute approximate surface area is 116 Å². The van der Waals surface area contributed by atoms with Gasteiger partial charge >= 0.3 is 0 Å². The van der Waals surface area contributed by atoms with E-state index in [4.69, 9.17) is 5.73 Å². The van der Waals surface area contributed by atoms with Crippen molar-refractivity contribution < 1.29 is 4.79 Å². The van der Waals surface area contributed by atoms with Crippen molar-refractivity contribution in [3.05, 3.63) is 35.4 Å². The van der Waals surface area contributed by atoms with Crippen LogP contribution in [-0.4, -0.2) is 38.0 Å². The molecule has 0 bridgehead atoms. The van der Waals surface area contributed by atoms with Gasteiger partial charge in [-0.2, -0.15) is 0 Å². The summed E-state index contributed by atoms with van der Waals surface area (Å²) < 4.78 is 0. The predicted molar refractivity (Wildman–Crippen MR) is 78.9 cm³/mol. The number of amides is 1. The van der Waals surface area contributed by atoms with E-state index in [0.717, 1.165) is 6.42 Å². The van der Waals surface area contributed by atoms with E-state index in [1.165, 1.54) is 11.1 Å². The number of rotatable bonds is 7. The summed E-state index contributed by atoms with van der Waals surface area (Å²) >= 11 is 0. The minimum atomic E-state index is 0.0735. The first-order chi connectivity index (χ1) is 9.04. The van der Waals surface area contributed by atoms with Crippen molar-refractivity contribution in [2.75, 3.05) is 27.2 Å². The van der Waals surface area contributed by atoms with E-state index >= 15 is 0 Å². The molecule has 1 rings (SSSR count). The number of likely N-dealkylation sites (N-methyl/N-ethyl adjacent to an activating group) is 1. The maximum atomic E-state index is 11.6. The lowest BCUT2D eigenvalue weighted by Gasteiger charge is -2.25. The summed E-state index contributed by atoms with van der Waals surface area (Å²) in [5.74, 6) is 0.0735. The van der Waals surface area contributed by atoms with Crippen LogP contribution in [0.3, 0.4) is 0 Å². The highest BCUT2D eigenvalue weighted by molar-refractivity contribution is 5.75. The summed E-state index contributed by atoms with van der Waals surface area (Å²) in [4.78, 5) is 13.7. The van der Waals surface area contributed by atoms with E-state index in [0.29, 0.717) is 19.5 Å². The monoisotopic (exact) mass is 263 g/mol. The molecule has 1 aromatic carbocycles. The van der Waals surface area contributed by atoms with Gasteiger partial charge in [0.2, 0.25) is 5.91 Å². The second-order valence-electron chi connectivity index (χ2n) is 5.09. The number of nitrogens with two attached hydrogens (primary N) is 1. The molecule has 0 heterocycles. The lowest BCUT2D eigenvalue weighted by molar-refractivity contribution is -0.121. The van der Waals surface area contributed by atoms with Crippen LogP contribution in [0.5, 0.6) is 0 Å². The highest BCUT2D eigenvalue weighted by Crippen LogP contribution is 2.17. The van der Waals surface area contributed by atoms with E-state index in [1.54, 1.807) is 0 Å². The fraction of sp³-hybridized carbons (Fsp3) is 0.533. The smallest absolute Gasteiger partial charge is 0.220 e. The SMILES string of the molecule is Cc1ccc(C(CNC(=O)CCCN)N(C)C)cc1. The molecule has 3 N–H and O–H groups in total. The lowest BCUT2D eigenvalue weighted by Crippen LogP contribution is -2.34. The number of hydrogen-bond acceptors (Lipinski definition) is 3. The minimum Gasteiger partial charge on any atom is -0.354 e. The van der Waals surface area contributed by atoms with Gasteiger partial charge < -0.3 is 16.0 Å². The number of hydrogen-bond donors (Lipinski definition) is 2. The molecule has 0 aliphatic rings. The number of carbonyl (C=O) groups excluding carboxylic acids is 1. The molecule has 1 aromatic rings. The van der Waals surface area contributed by atoms with Crippen LogP contribution in [0.25, 0.3) is 0 Å². The molecule has 0 spiro atoms. The Morgan fingerprint density at radius 2 is 1.95 bits per heavy atom. The van der Waals surface area contributed by atoms with Crippen molar-refractivity contribution in [3.8, 4) is 0 Å². The number of aryl methyl sites for hydroxylation is 1. The van der Waals surface area contributed by atoms with Gasteiger partial charge in [0, 0.05) is 13.0 Å². The molecule has 0 aromatic heterocycles. The molecule has 1 unspecified atom stereocenters. The highest BCUT2D eigenvalue weighted by Gasteiger charge is 2.14. The van der Waals surface area contributed by atoms with Gasteiger partial charge in [-0.15, -0.1) is 0 Å². The van der Waals surface area contributed by atoms with Crippen LogP contribution in [0.1, 0.15) is 30.0 Å². The van der Waals surface area contributed by atoms with Crippen molar-refractivity contribution in [2.45, 2.75) is 25.8 Å².